The van der Waals surface area contributed by atoms with Crippen LogP contribution >= 0.6 is 0 Å². The molecule has 0 nitrogen and oxygen atoms in total. The van der Waals surface area contributed by atoms with Crippen molar-refractivity contribution in [1.29, 1.82) is 0 Å². The lowest BCUT2D eigenvalue weighted by atomic mass is 10.4. The first-order valence-corrected chi connectivity index (χ1v) is 5.41. The highest BCUT2D eigenvalue weighted by molar-refractivity contribution is 4.99. The maximum atomic E-state index is 2.12. The number of hydrogen-bond donors (Lipinski definition) is 0. The molecule has 0 unspecified atom stereocenters. The van der Waals surface area contributed by atoms with E-state index in [-0.39, 0.29) is 14.9 Å². The van der Waals surface area contributed by atoms with Crippen LogP contribution in [0.15, 0.2) is 36.4 Å². The molecule has 0 aliphatic rings. The van der Waals surface area contributed by atoms with E-state index in [1.165, 1.54) is 6.42 Å². The third kappa shape index (κ3) is 61.1. The molecule has 0 heterocycles. The highest BCUT2D eigenvalue weighted by Crippen LogP contribution is 1.79. The Morgan fingerprint density at radius 1 is 0.533 bits per heavy atom. The Morgan fingerprint density at radius 2 is 0.600 bits per heavy atom. The van der Waals surface area contributed by atoms with E-state index >= 15 is 0 Å². The minimum Gasteiger partial charge on any atom is -0.0776 e. The summed E-state index contributed by atoms with van der Waals surface area (Å²) in [5.74, 6) is 0. The molecule has 15 heavy (non-hydrogen) atoms. The Kier molecular flexibility index (Phi) is 99.4. The maximum Gasteiger partial charge on any atom is -0.0590 e. The monoisotopic (exact) mass is 214 g/mol. The van der Waals surface area contributed by atoms with E-state index in [9.17, 15) is 0 Å². The third-order valence-corrected chi connectivity index (χ3v) is 0.667. The van der Waals surface area contributed by atoms with Gasteiger partial charge in [-0.1, -0.05) is 99.2 Å². The minimum absolute atomic E-state index is 0. The Labute approximate surface area is 99.7 Å². The molecule has 0 saturated carbocycles. The second-order valence-electron chi connectivity index (χ2n) is 1.86. The van der Waals surface area contributed by atoms with Crippen molar-refractivity contribution < 1.29 is 0 Å². The summed E-state index contributed by atoms with van der Waals surface area (Å²) in [6.45, 7) is 12.2. The fourth-order valence-electron chi connectivity index (χ4n) is 0.385. The molecule has 0 spiro atoms. The lowest BCUT2D eigenvalue weighted by Gasteiger charge is -1.69. The van der Waals surface area contributed by atoms with Crippen molar-refractivity contribution in [2.24, 2.45) is 0 Å². The molecule has 0 aliphatic carbocycles. The van der Waals surface area contributed by atoms with Crippen molar-refractivity contribution in [1.82, 2.24) is 0 Å². The summed E-state index contributed by atoms with van der Waals surface area (Å²) in [6.07, 6.45) is 1.25. The van der Waals surface area contributed by atoms with Crippen LogP contribution in [0.1, 0.15) is 62.8 Å². The minimum atomic E-state index is 0. The van der Waals surface area contributed by atoms with E-state index in [1.807, 2.05) is 64.1 Å². The fourth-order valence-corrected chi connectivity index (χ4v) is 0.385. The zero-order valence-electron chi connectivity index (χ0n) is 10.2. The Morgan fingerprint density at radius 3 is 0.667 bits per heavy atom. The summed E-state index contributed by atoms with van der Waals surface area (Å²) in [5.41, 5.74) is 0. The number of rotatable bonds is 0. The van der Waals surface area contributed by atoms with Gasteiger partial charge in [0.1, 0.15) is 0 Å². The molecule has 1 aromatic rings. The average molecular weight is 214 g/mol. The summed E-state index contributed by atoms with van der Waals surface area (Å²) in [5, 5.41) is 0. The SMILES string of the molecule is C.C.CC.CC.CCC.c1ccccc1. The number of benzene rings is 1. The van der Waals surface area contributed by atoms with E-state index in [0.717, 1.165) is 0 Å². The van der Waals surface area contributed by atoms with Crippen LogP contribution < -0.4 is 0 Å². The second-order valence-corrected chi connectivity index (χ2v) is 1.86. The van der Waals surface area contributed by atoms with Crippen LogP contribution in [0.5, 0.6) is 0 Å². The van der Waals surface area contributed by atoms with Gasteiger partial charge in [0.2, 0.25) is 0 Å². The standard InChI is InChI=1S/C6H6.C3H8.2C2H6.2CH4/c1-2-4-6-5-3-1;1-3-2;2*1-2;;/h1-6H;3H2,1-2H3;2*1-2H3;2*1H4. The van der Waals surface area contributed by atoms with Gasteiger partial charge in [-0.15, -0.1) is 0 Å². The molecule has 0 aliphatic heterocycles. The molecular weight excluding hydrogens is 180 g/mol. The van der Waals surface area contributed by atoms with Gasteiger partial charge in [0, 0.05) is 0 Å². The fraction of sp³-hybridized carbons (Fsp3) is 0.600. The van der Waals surface area contributed by atoms with E-state index in [0.29, 0.717) is 0 Å². The Hall–Kier alpha value is -0.780. The predicted octanol–water partition coefficient (Wildman–Crippen LogP) is 6.43. The topological polar surface area (TPSA) is 0 Å². The summed E-state index contributed by atoms with van der Waals surface area (Å²) >= 11 is 0. The summed E-state index contributed by atoms with van der Waals surface area (Å²) in [4.78, 5) is 0. The maximum absolute atomic E-state index is 2.12. The first-order chi connectivity index (χ1) is 6.41. The second kappa shape index (κ2) is 51.0. The predicted molar refractivity (Wildman–Crippen MR) is 78.6 cm³/mol. The molecule has 1 rings (SSSR count). The van der Waals surface area contributed by atoms with Crippen molar-refractivity contribution in [2.45, 2.75) is 62.8 Å². The van der Waals surface area contributed by atoms with Crippen molar-refractivity contribution in [3.8, 4) is 0 Å². The van der Waals surface area contributed by atoms with Crippen molar-refractivity contribution >= 4 is 0 Å². The van der Waals surface area contributed by atoms with Crippen LogP contribution in [0.2, 0.25) is 0 Å². The molecule has 0 heteroatoms. The van der Waals surface area contributed by atoms with Crippen LogP contribution in [0.4, 0.5) is 0 Å². The quantitative estimate of drug-likeness (QED) is 0.467. The molecule has 0 radical (unpaired) electrons. The van der Waals surface area contributed by atoms with E-state index in [1.54, 1.807) is 0 Å². The molecule has 0 aromatic heterocycles. The Balaban J connectivity index is -0.0000000329. The van der Waals surface area contributed by atoms with Gasteiger partial charge in [-0.2, -0.15) is 0 Å². The smallest absolute Gasteiger partial charge is 0.0590 e. The van der Waals surface area contributed by atoms with Gasteiger partial charge in [-0.25, -0.2) is 0 Å². The first kappa shape index (κ1) is 29.2. The van der Waals surface area contributed by atoms with Gasteiger partial charge < -0.3 is 0 Å². The first-order valence-electron chi connectivity index (χ1n) is 5.41. The highest BCUT2D eigenvalue weighted by Gasteiger charge is 1.57. The van der Waals surface area contributed by atoms with E-state index in [4.69, 9.17) is 0 Å². The summed E-state index contributed by atoms with van der Waals surface area (Å²) < 4.78 is 0. The normalized spacial score (nSPS) is 5.20. The van der Waals surface area contributed by atoms with Gasteiger partial charge in [0.25, 0.3) is 0 Å². The highest BCUT2D eigenvalue weighted by atomic mass is 13.6. The zero-order chi connectivity index (χ0) is 10.9. The largest absolute Gasteiger partial charge is 0.0776 e. The Bertz CT molecular complexity index is 82.9. The van der Waals surface area contributed by atoms with Crippen LogP contribution in [-0.2, 0) is 0 Å². The van der Waals surface area contributed by atoms with Gasteiger partial charge in [-0.3, -0.25) is 0 Å². The molecule has 0 fully saturated rings. The molecule has 0 bridgehead atoms. The molecule has 0 N–H and O–H groups in total. The lowest BCUT2D eigenvalue weighted by molar-refractivity contribution is 1.09. The van der Waals surface area contributed by atoms with Gasteiger partial charge >= 0.3 is 0 Å². The van der Waals surface area contributed by atoms with E-state index in [2.05, 4.69) is 13.8 Å². The third-order valence-electron chi connectivity index (χ3n) is 0.667. The van der Waals surface area contributed by atoms with Crippen LogP contribution in [0.25, 0.3) is 0 Å². The molecule has 0 amide bonds. The molecular formula is C15H34. The molecule has 94 valence electrons. The van der Waals surface area contributed by atoms with Crippen LogP contribution in [-0.4, -0.2) is 0 Å². The zero-order valence-corrected chi connectivity index (χ0v) is 10.2. The summed E-state index contributed by atoms with van der Waals surface area (Å²) in [7, 11) is 0. The van der Waals surface area contributed by atoms with Crippen molar-refractivity contribution in [2.75, 3.05) is 0 Å². The summed E-state index contributed by atoms with van der Waals surface area (Å²) in [6, 6.07) is 12.0. The molecule has 0 atom stereocenters. The molecule has 0 saturated heterocycles. The van der Waals surface area contributed by atoms with Gasteiger partial charge in [0.15, 0.2) is 0 Å². The van der Waals surface area contributed by atoms with Gasteiger partial charge in [0.05, 0.1) is 0 Å². The van der Waals surface area contributed by atoms with Gasteiger partial charge in [-0.05, 0) is 0 Å². The van der Waals surface area contributed by atoms with Crippen LogP contribution in [0, 0.1) is 0 Å². The average Bonchev–Trinajstić information content (AvgIpc) is 2.27. The lowest BCUT2D eigenvalue weighted by Crippen LogP contribution is -1.47. The number of hydrogen-bond acceptors (Lipinski definition) is 0. The van der Waals surface area contributed by atoms with Crippen molar-refractivity contribution in [3.05, 3.63) is 36.4 Å². The van der Waals surface area contributed by atoms with Crippen LogP contribution in [0.3, 0.4) is 0 Å². The van der Waals surface area contributed by atoms with E-state index < -0.39 is 0 Å². The molecule has 1 aromatic carbocycles. The van der Waals surface area contributed by atoms with Crippen molar-refractivity contribution in [3.63, 3.8) is 0 Å².